The fourth-order valence-electron chi connectivity index (χ4n) is 3.85. The molecule has 1 aliphatic carbocycles. The summed E-state index contributed by atoms with van der Waals surface area (Å²) in [5.41, 5.74) is 2.10. The van der Waals surface area contributed by atoms with Gasteiger partial charge >= 0.3 is 0 Å². The number of hydrogen-bond acceptors (Lipinski definition) is 3. The number of carbonyl (C=O) groups excluding carboxylic acids is 1. The molecule has 2 saturated heterocycles. The quantitative estimate of drug-likeness (QED) is 0.846. The highest BCUT2D eigenvalue weighted by Gasteiger charge is 2.36. The highest BCUT2D eigenvalue weighted by Crippen LogP contribution is 2.16. The average molecular weight is 330 g/mol. The van der Waals surface area contributed by atoms with Gasteiger partial charge < -0.3 is 14.5 Å². The number of quaternary nitrogens is 1. The van der Waals surface area contributed by atoms with E-state index < -0.39 is 0 Å². The monoisotopic (exact) mass is 330 g/mol. The van der Waals surface area contributed by atoms with E-state index in [1.165, 1.54) is 18.4 Å². The molecule has 130 valence electrons. The molecule has 1 amide bonds. The minimum Gasteiger partial charge on any atom is -0.379 e. The third-order valence-electron chi connectivity index (χ3n) is 5.56. The second-order valence-electron chi connectivity index (χ2n) is 7.31. The molecule has 0 spiro atoms. The van der Waals surface area contributed by atoms with E-state index in [2.05, 4.69) is 17.0 Å². The van der Waals surface area contributed by atoms with Gasteiger partial charge in [0, 0.05) is 38.0 Å². The van der Waals surface area contributed by atoms with Crippen molar-refractivity contribution < 1.29 is 14.4 Å². The summed E-state index contributed by atoms with van der Waals surface area (Å²) in [6, 6.07) is 9.10. The number of carbonyl (C=O) groups is 1. The third kappa shape index (κ3) is 3.79. The van der Waals surface area contributed by atoms with Gasteiger partial charge in [0.15, 0.2) is 0 Å². The SMILES string of the molecule is O=C(c1ccc(CN2CCOCC2)cc1)N1CC[NH+](C2CC2)CC1. The number of amides is 1. The second kappa shape index (κ2) is 7.21. The molecule has 1 N–H and O–H groups in total. The second-order valence-corrected chi connectivity index (χ2v) is 7.31. The number of piperazine rings is 1. The lowest BCUT2D eigenvalue weighted by molar-refractivity contribution is -0.915. The van der Waals surface area contributed by atoms with Gasteiger partial charge in [0.2, 0.25) is 0 Å². The van der Waals surface area contributed by atoms with Gasteiger partial charge in [0.05, 0.1) is 45.4 Å². The van der Waals surface area contributed by atoms with Crippen LogP contribution in [0.15, 0.2) is 24.3 Å². The van der Waals surface area contributed by atoms with E-state index in [1.807, 2.05) is 17.0 Å². The van der Waals surface area contributed by atoms with E-state index in [4.69, 9.17) is 4.74 Å². The van der Waals surface area contributed by atoms with Crippen LogP contribution in [0.3, 0.4) is 0 Å². The molecule has 0 bridgehead atoms. The highest BCUT2D eigenvalue weighted by molar-refractivity contribution is 5.94. The van der Waals surface area contributed by atoms with Crippen molar-refractivity contribution in [3.05, 3.63) is 35.4 Å². The van der Waals surface area contributed by atoms with Crippen molar-refractivity contribution in [2.24, 2.45) is 0 Å². The first kappa shape index (κ1) is 16.1. The lowest BCUT2D eigenvalue weighted by atomic mass is 10.1. The molecule has 2 heterocycles. The fraction of sp³-hybridized carbons (Fsp3) is 0.632. The van der Waals surface area contributed by atoms with E-state index in [9.17, 15) is 4.79 Å². The van der Waals surface area contributed by atoms with Crippen molar-refractivity contribution in [3.8, 4) is 0 Å². The Labute approximate surface area is 144 Å². The maximum atomic E-state index is 12.7. The Kier molecular flexibility index (Phi) is 4.83. The lowest BCUT2D eigenvalue weighted by Crippen LogP contribution is -3.16. The first-order chi connectivity index (χ1) is 11.8. The molecule has 0 radical (unpaired) electrons. The van der Waals surface area contributed by atoms with Crippen LogP contribution in [0.4, 0.5) is 0 Å². The summed E-state index contributed by atoms with van der Waals surface area (Å²) in [5, 5.41) is 0. The Morgan fingerprint density at radius 1 is 1.04 bits per heavy atom. The fourth-order valence-corrected chi connectivity index (χ4v) is 3.85. The minimum absolute atomic E-state index is 0.197. The van der Waals surface area contributed by atoms with Crippen molar-refractivity contribution in [2.75, 3.05) is 52.5 Å². The minimum atomic E-state index is 0.197. The van der Waals surface area contributed by atoms with Gasteiger partial charge in [-0.2, -0.15) is 0 Å². The Hall–Kier alpha value is -1.43. The van der Waals surface area contributed by atoms with Crippen molar-refractivity contribution in [3.63, 3.8) is 0 Å². The van der Waals surface area contributed by atoms with Gasteiger partial charge in [-0.3, -0.25) is 9.69 Å². The van der Waals surface area contributed by atoms with E-state index in [0.29, 0.717) is 0 Å². The molecule has 24 heavy (non-hydrogen) atoms. The molecule has 5 heteroatoms. The summed E-state index contributed by atoms with van der Waals surface area (Å²) in [7, 11) is 0. The Balaban J connectivity index is 1.31. The summed E-state index contributed by atoms with van der Waals surface area (Å²) in [4.78, 5) is 18.8. The summed E-state index contributed by atoms with van der Waals surface area (Å²) < 4.78 is 5.39. The van der Waals surface area contributed by atoms with Crippen LogP contribution in [0.2, 0.25) is 0 Å². The molecular formula is C19H28N3O2+. The normalized spacial score (nSPS) is 23.4. The number of rotatable bonds is 4. The summed E-state index contributed by atoms with van der Waals surface area (Å²) in [6.45, 7) is 8.62. The first-order valence-electron chi connectivity index (χ1n) is 9.32. The Bertz CT molecular complexity index is 556. The lowest BCUT2D eigenvalue weighted by Gasteiger charge is -2.32. The Morgan fingerprint density at radius 3 is 2.33 bits per heavy atom. The number of nitrogens with zero attached hydrogens (tertiary/aromatic N) is 2. The molecule has 1 aromatic rings. The van der Waals surface area contributed by atoms with Crippen LogP contribution in [0, 0.1) is 0 Å². The molecule has 1 saturated carbocycles. The maximum Gasteiger partial charge on any atom is 0.254 e. The number of ether oxygens (including phenoxy) is 1. The Morgan fingerprint density at radius 2 is 1.71 bits per heavy atom. The van der Waals surface area contributed by atoms with Gasteiger partial charge in [-0.15, -0.1) is 0 Å². The molecule has 2 aliphatic heterocycles. The molecule has 3 fully saturated rings. The molecule has 5 nitrogen and oxygen atoms in total. The number of morpholine rings is 1. The molecule has 0 atom stereocenters. The predicted octanol–water partition coefficient (Wildman–Crippen LogP) is 0.0219. The maximum absolute atomic E-state index is 12.7. The molecular weight excluding hydrogens is 302 g/mol. The van der Waals surface area contributed by atoms with E-state index in [0.717, 1.165) is 70.6 Å². The smallest absolute Gasteiger partial charge is 0.254 e. The number of hydrogen-bond donors (Lipinski definition) is 1. The molecule has 1 aromatic carbocycles. The largest absolute Gasteiger partial charge is 0.379 e. The van der Waals surface area contributed by atoms with E-state index in [1.54, 1.807) is 4.90 Å². The zero-order chi connectivity index (χ0) is 16.4. The van der Waals surface area contributed by atoms with Crippen molar-refractivity contribution >= 4 is 5.91 Å². The van der Waals surface area contributed by atoms with Crippen LogP contribution in [-0.2, 0) is 11.3 Å². The first-order valence-corrected chi connectivity index (χ1v) is 9.32. The van der Waals surface area contributed by atoms with Gasteiger partial charge in [-0.25, -0.2) is 0 Å². The highest BCUT2D eigenvalue weighted by atomic mass is 16.5. The van der Waals surface area contributed by atoms with Crippen molar-refractivity contribution in [1.29, 1.82) is 0 Å². The van der Waals surface area contributed by atoms with Crippen LogP contribution in [0.1, 0.15) is 28.8 Å². The summed E-state index contributed by atoms with van der Waals surface area (Å²) in [6.07, 6.45) is 2.77. The predicted molar refractivity (Wildman–Crippen MR) is 92.2 cm³/mol. The molecule has 4 rings (SSSR count). The number of nitrogens with one attached hydrogen (secondary N) is 1. The zero-order valence-electron chi connectivity index (χ0n) is 14.4. The molecule has 0 unspecified atom stereocenters. The topological polar surface area (TPSA) is 37.2 Å². The van der Waals surface area contributed by atoms with Crippen molar-refractivity contribution in [2.45, 2.75) is 25.4 Å². The average Bonchev–Trinajstić information content (AvgIpc) is 3.48. The molecule has 0 aromatic heterocycles. The van der Waals surface area contributed by atoms with Crippen LogP contribution < -0.4 is 4.90 Å². The van der Waals surface area contributed by atoms with Gasteiger partial charge in [0.25, 0.3) is 5.91 Å². The van der Waals surface area contributed by atoms with Gasteiger partial charge in [-0.05, 0) is 17.7 Å². The summed E-state index contributed by atoms with van der Waals surface area (Å²) in [5.74, 6) is 0.197. The van der Waals surface area contributed by atoms with Gasteiger partial charge in [0.1, 0.15) is 0 Å². The number of benzene rings is 1. The van der Waals surface area contributed by atoms with Crippen LogP contribution in [-0.4, -0.2) is 74.2 Å². The third-order valence-corrected chi connectivity index (χ3v) is 5.56. The zero-order valence-corrected chi connectivity index (χ0v) is 14.4. The van der Waals surface area contributed by atoms with Gasteiger partial charge in [-0.1, -0.05) is 12.1 Å². The summed E-state index contributed by atoms with van der Waals surface area (Å²) >= 11 is 0. The standard InChI is InChI=1S/C19H27N3O2/c23-19(22-9-7-21(8-10-22)18-5-6-18)17-3-1-16(2-4-17)15-20-11-13-24-14-12-20/h1-4,18H,5-15H2/p+1. The van der Waals surface area contributed by atoms with Crippen LogP contribution in [0.25, 0.3) is 0 Å². The van der Waals surface area contributed by atoms with E-state index >= 15 is 0 Å². The van der Waals surface area contributed by atoms with Crippen molar-refractivity contribution in [1.82, 2.24) is 9.80 Å². The molecule has 3 aliphatic rings. The van der Waals surface area contributed by atoms with E-state index in [-0.39, 0.29) is 5.91 Å². The van der Waals surface area contributed by atoms with Crippen LogP contribution >= 0.6 is 0 Å². The van der Waals surface area contributed by atoms with Crippen LogP contribution in [0.5, 0.6) is 0 Å².